The highest BCUT2D eigenvalue weighted by Gasteiger charge is 2.33. The van der Waals surface area contributed by atoms with E-state index in [0.29, 0.717) is 12.2 Å². The molecule has 25 heavy (non-hydrogen) atoms. The predicted molar refractivity (Wildman–Crippen MR) is 100 cm³/mol. The molecule has 2 aromatic rings. The van der Waals surface area contributed by atoms with E-state index in [1.54, 1.807) is 0 Å². The summed E-state index contributed by atoms with van der Waals surface area (Å²) in [4.78, 5) is 19.8. The molecular formula is C20H27N3O2. The zero-order valence-electron chi connectivity index (χ0n) is 15.5. The predicted octanol–water partition coefficient (Wildman–Crippen LogP) is 2.55. The first-order valence-electron chi connectivity index (χ1n) is 9.03. The van der Waals surface area contributed by atoms with Crippen molar-refractivity contribution in [2.45, 2.75) is 39.3 Å². The molecule has 0 bridgehead atoms. The Morgan fingerprint density at radius 1 is 1.32 bits per heavy atom. The van der Waals surface area contributed by atoms with Crippen molar-refractivity contribution < 1.29 is 9.53 Å². The molecule has 1 aromatic heterocycles. The summed E-state index contributed by atoms with van der Waals surface area (Å²) in [5.74, 6) is -0.0474. The van der Waals surface area contributed by atoms with Gasteiger partial charge in [0.15, 0.2) is 0 Å². The number of benzene rings is 1. The number of likely N-dealkylation sites (tertiary alicyclic amines) is 1. The van der Waals surface area contributed by atoms with Crippen molar-refractivity contribution in [2.24, 2.45) is 0 Å². The molecule has 1 fully saturated rings. The van der Waals surface area contributed by atoms with Crippen molar-refractivity contribution in [1.29, 1.82) is 0 Å². The van der Waals surface area contributed by atoms with E-state index in [1.165, 1.54) is 5.56 Å². The van der Waals surface area contributed by atoms with Crippen LogP contribution in [0.4, 0.5) is 0 Å². The van der Waals surface area contributed by atoms with Gasteiger partial charge in [0, 0.05) is 30.8 Å². The highest BCUT2D eigenvalue weighted by molar-refractivity contribution is 6.06. The number of carbonyl (C=O) groups is 1. The molecule has 1 saturated heterocycles. The van der Waals surface area contributed by atoms with Gasteiger partial charge in [0.05, 0.1) is 23.2 Å². The summed E-state index contributed by atoms with van der Waals surface area (Å²) in [6.07, 6.45) is 0.976. The third kappa shape index (κ3) is 3.83. The molecule has 0 aliphatic carbocycles. The zero-order chi connectivity index (χ0) is 18.0. The van der Waals surface area contributed by atoms with Gasteiger partial charge in [-0.1, -0.05) is 13.0 Å². The van der Waals surface area contributed by atoms with Crippen molar-refractivity contribution in [1.82, 2.24) is 15.2 Å². The van der Waals surface area contributed by atoms with Gasteiger partial charge in [-0.3, -0.25) is 9.78 Å². The third-order valence-corrected chi connectivity index (χ3v) is 4.80. The van der Waals surface area contributed by atoms with Gasteiger partial charge in [-0.25, -0.2) is 0 Å². The Morgan fingerprint density at radius 2 is 2.12 bits per heavy atom. The molecule has 0 radical (unpaired) electrons. The summed E-state index contributed by atoms with van der Waals surface area (Å²) >= 11 is 0. The fraction of sp³-hybridized carbons (Fsp3) is 0.500. The van der Waals surface area contributed by atoms with Gasteiger partial charge in [0.1, 0.15) is 0 Å². The number of aryl methyl sites for hydroxylation is 2. The highest BCUT2D eigenvalue weighted by Crippen LogP contribution is 2.21. The number of carbonyl (C=O) groups excluding carboxylic acids is 1. The summed E-state index contributed by atoms with van der Waals surface area (Å²) < 4.78 is 5.80. The van der Waals surface area contributed by atoms with E-state index in [-0.39, 0.29) is 18.1 Å². The molecule has 134 valence electrons. The number of likely N-dealkylation sites (N-methyl/N-ethyl adjacent to an activating group) is 1. The number of pyridine rings is 1. The van der Waals surface area contributed by atoms with Crippen LogP contribution in [0, 0.1) is 6.92 Å². The lowest BCUT2D eigenvalue weighted by Gasteiger charge is -2.20. The molecule has 0 spiro atoms. The molecule has 1 amide bonds. The number of nitrogens with zero attached hydrogens (tertiary/aromatic N) is 2. The first kappa shape index (κ1) is 17.8. The van der Waals surface area contributed by atoms with E-state index in [4.69, 9.17) is 4.74 Å². The lowest BCUT2D eigenvalue weighted by molar-refractivity contribution is 0.0513. The van der Waals surface area contributed by atoms with Gasteiger partial charge in [0.25, 0.3) is 5.91 Å². The van der Waals surface area contributed by atoms with E-state index in [1.807, 2.05) is 26.0 Å². The van der Waals surface area contributed by atoms with E-state index in [0.717, 1.165) is 36.1 Å². The Morgan fingerprint density at radius 3 is 2.84 bits per heavy atom. The number of amides is 1. The minimum Gasteiger partial charge on any atom is -0.375 e. The molecule has 2 heterocycles. The number of rotatable bonds is 5. The molecule has 1 aliphatic rings. The summed E-state index contributed by atoms with van der Waals surface area (Å²) in [5.41, 5.74) is 3.63. The van der Waals surface area contributed by atoms with Crippen LogP contribution in [0.15, 0.2) is 24.3 Å². The van der Waals surface area contributed by atoms with Gasteiger partial charge in [0.2, 0.25) is 0 Å². The summed E-state index contributed by atoms with van der Waals surface area (Å²) in [5, 5.41) is 4.10. The lowest BCUT2D eigenvalue weighted by Crippen LogP contribution is -2.44. The number of fused-ring (bicyclic) bond motifs is 1. The third-order valence-electron chi connectivity index (χ3n) is 4.80. The Labute approximate surface area is 149 Å². The van der Waals surface area contributed by atoms with Gasteiger partial charge in [-0.15, -0.1) is 0 Å². The van der Waals surface area contributed by atoms with Gasteiger partial charge in [-0.05, 0) is 51.1 Å². The molecule has 0 unspecified atom stereocenters. The minimum absolute atomic E-state index is 0.00956. The Bertz CT molecular complexity index is 775. The second kappa shape index (κ2) is 7.50. The van der Waals surface area contributed by atoms with Crippen molar-refractivity contribution >= 4 is 16.8 Å². The monoisotopic (exact) mass is 341 g/mol. The Hall–Kier alpha value is -1.98. The van der Waals surface area contributed by atoms with Crippen molar-refractivity contribution in [3.8, 4) is 0 Å². The molecular weight excluding hydrogens is 314 g/mol. The molecule has 5 nitrogen and oxygen atoms in total. The van der Waals surface area contributed by atoms with Crippen LogP contribution in [0.25, 0.3) is 10.9 Å². The molecule has 1 aliphatic heterocycles. The second-order valence-corrected chi connectivity index (χ2v) is 6.81. The number of ether oxygens (including phenoxy) is 1. The minimum atomic E-state index is -0.0474. The van der Waals surface area contributed by atoms with E-state index < -0.39 is 0 Å². The maximum absolute atomic E-state index is 13.0. The van der Waals surface area contributed by atoms with Gasteiger partial charge >= 0.3 is 0 Å². The standard InChI is InChI=1S/C20H27N3O2/c1-5-14-7-8-17-15(10-14)16(9-13(3)21-17)20(24)22-18-11-23(4)12-19(18)25-6-2/h7-10,18-19H,5-6,11-12H2,1-4H3,(H,22,24)/t18-,19-/m1/s1. The Balaban J connectivity index is 1.91. The Kier molecular flexibility index (Phi) is 5.35. The largest absolute Gasteiger partial charge is 0.375 e. The quantitative estimate of drug-likeness (QED) is 0.908. The first-order valence-corrected chi connectivity index (χ1v) is 9.03. The SMILES string of the molecule is CCO[C@@H]1CN(C)C[C@H]1NC(=O)c1cc(C)nc2ccc(CC)cc12. The molecule has 2 atom stereocenters. The summed E-state index contributed by atoms with van der Waals surface area (Å²) in [6.45, 7) is 8.33. The number of hydrogen-bond acceptors (Lipinski definition) is 4. The van der Waals surface area contributed by atoms with Crippen LogP contribution in [0.3, 0.4) is 0 Å². The fourth-order valence-electron chi connectivity index (χ4n) is 3.54. The van der Waals surface area contributed by atoms with Crippen LogP contribution in [-0.2, 0) is 11.2 Å². The summed E-state index contributed by atoms with van der Waals surface area (Å²) in [6, 6.07) is 8.05. The summed E-state index contributed by atoms with van der Waals surface area (Å²) in [7, 11) is 2.05. The molecule has 1 N–H and O–H groups in total. The highest BCUT2D eigenvalue weighted by atomic mass is 16.5. The van der Waals surface area contributed by atoms with Crippen LogP contribution in [0.5, 0.6) is 0 Å². The molecule has 3 rings (SSSR count). The van der Waals surface area contributed by atoms with Crippen LogP contribution >= 0.6 is 0 Å². The lowest BCUT2D eigenvalue weighted by atomic mass is 10.0. The van der Waals surface area contributed by atoms with Crippen molar-refractivity contribution in [2.75, 3.05) is 26.7 Å². The average Bonchev–Trinajstić information content (AvgIpc) is 2.93. The van der Waals surface area contributed by atoms with Crippen molar-refractivity contribution in [3.63, 3.8) is 0 Å². The maximum Gasteiger partial charge on any atom is 0.252 e. The van der Waals surface area contributed by atoms with E-state index in [9.17, 15) is 4.79 Å². The molecule has 1 aromatic carbocycles. The topological polar surface area (TPSA) is 54.5 Å². The van der Waals surface area contributed by atoms with E-state index >= 15 is 0 Å². The normalized spacial score (nSPS) is 21.0. The first-order chi connectivity index (χ1) is 12.0. The smallest absolute Gasteiger partial charge is 0.252 e. The molecule has 5 heteroatoms. The number of aromatic nitrogens is 1. The second-order valence-electron chi connectivity index (χ2n) is 6.81. The zero-order valence-corrected chi connectivity index (χ0v) is 15.5. The van der Waals surface area contributed by atoms with Gasteiger partial charge < -0.3 is 15.0 Å². The fourth-order valence-corrected chi connectivity index (χ4v) is 3.54. The van der Waals surface area contributed by atoms with Crippen LogP contribution < -0.4 is 5.32 Å². The average molecular weight is 341 g/mol. The van der Waals surface area contributed by atoms with E-state index in [2.05, 4.69) is 41.3 Å². The van der Waals surface area contributed by atoms with Crippen LogP contribution in [0.2, 0.25) is 0 Å². The van der Waals surface area contributed by atoms with Crippen LogP contribution in [-0.4, -0.2) is 54.7 Å². The molecule has 0 saturated carbocycles. The maximum atomic E-state index is 13.0. The number of hydrogen-bond donors (Lipinski definition) is 1. The van der Waals surface area contributed by atoms with Crippen molar-refractivity contribution in [3.05, 3.63) is 41.1 Å². The number of nitrogens with one attached hydrogen (secondary N) is 1. The van der Waals surface area contributed by atoms with Crippen LogP contribution in [0.1, 0.15) is 35.5 Å². The van der Waals surface area contributed by atoms with Gasteiger partial charge in [-0.2, -0.15) is 0 Å².